The van der Waals surface area contributed by atoms with Crippen molar-refractivity contribution in [2.24, 2.45) is 0 Å². The summed E-state index contributed by atoms with van der Waals surface area (Å²) in [6.07, 6.45) is 6.91. The van der Waals surface area contributed by atoms with Gasteiger partial charge in [0.05, 0.1) is 6.42 Å². The first-order valence-corrected chi connectivity index (χ1v) is 11.0. The van der Waals surface area contributed by atoms with E-state index in [1.165, 1.54) is 0 Å². The second-order valence-corrected chi connectivity index (χ2v) is 8.42. The SMILES string of the molecule is CCC1C(CC)N1C(CC(=O)O)(N1C(CC)C1CC)N1C(CC)C1CC. The molecule has 3 rings (SSSR count). The number of carbonyl (C=O) groups is 1. The van der Waals surface area contributed by atoms with E-state index in [1.54, 1.807) is 0 Å². The van der Waals surface area contributed by atoms with E-state index in [4.69, 9.17) is 0 Å². The molecule has 5 heteroatoms. The summed E-state index contributed by atoms with van der Waals surface area (Å²) in [5.41, 5.74) is 0. The quantitative estimate of drug-likeness (QED) is 0.565. The van der Waals surface area contributed by atoms with Crippen molar-refractivity contribution in [3.8, 4) is 0 Å². The molecule has 0 aromatic carbocycles. The van der Waals surface area contributed by atoms with Crippen LogP contribution in [0, 0.1) is 0 Å². The van der Waals surface area contributed by atoms with Gasteiger partial charge in [0, 0.05) is 36.3 Å². The van der Waals surface area contributed by atoms with E-state index in [2.05, 4.69) is 56.2 Å². The van der Waals surface area contributed by atoms with Gasteiger partial charge in [-0.15, -0.1) is 0 Å². The molecule has 3 aliphatic heterocycles. The van der Waals surface area contributed by atoms with Crippen LogP contribution in [0.2, 0.25) is 0 Å². The largest absolute Gasteiger partial charge is 0.481 e. The average Bonchev–Trinajstić information content (AvgIpc) is 3.53. The lowest BCUT2D eigenvalue weighted by molar-refractivity contribution is -0.148. The summed E-state index contributed by atoms with van der Waals surface area (Å²) in [5.74, 6) is -1.06. The summed E-state index contributed by atoms with van der Waals surface area (Å²) < 4.78 is 0. The molecule has 0 aliphatic carbocycles. The van der Waals surface area contributed by atoms with Gasteiger partial charge in [0.1, 0.15) is 5.79 Å². The lowest BCUT2D eigenvalue weighted by atomic mass is 10.2. The van der Waals surface area contributed by atoms with E-state index in [0.29, 0.717) is 36.3 Å². The van der Waals surface area contributed by atoms with E-state index in [0.717, 1.165) is 38.5 Å². The zero-order valence-electron chi connectivity index (χ0n) is 17.6. The van der Waals surface area contributed by atoms with Crippen LogP contribution in [0.25, 0.3) is 0 Å². The molecule has 26 heavy (non-hydrogen) atoms. The molecule has 0 spiro atoms. The Kier molecular flexibility index (Phi) is 5.72. The van der Waals surface area contributed by atoms with Gasteiger partial charge in [-0.1, -0.05) is 41.5 Å². The minimum atomic E-state index is -0.658. The van der Waals surface area contributed by atoms with E-state index in [1.807, 2.05) is 0 Å². The highest BCUT2D eigenvalue weighted by atomic mass is 16.4. The summed E-state index contributed by atoms with van der Waals surface area (Å²) in [5, 5.41) is 9.95. The standard InChI is InChI=1S/C21H39N3O2/c1-7-14-15(8-2)22(14)21(13-20(25)26,23-16(9-3)17(23)10-4)24-18(11-5)19(24)12-6/h14-19H,7-13H2,1-6H3,(H,25,26). The summed E-state index contributed by atoms with van der Waals surface area (Å²) in [6.45, 7) is 13.5. The number of carboxylic acid groups (broad SMARTS) is 1. The van der Waals surface area contributed by atoms with Crippen LogP contribution in [-0.2, 0) is 4.79 Å². The Balaban J connectivity index is 2.03. The third kappa shape index (κ3) is 2.82. The maximum atomic E-state index is 12.1. The van der Waals surface area contributed by atoms with Gasteiger partial charge in [0.25, 0.3) is 0 Å². The van der Waals surface area contributed by atoms with E-state index in [9.17, 15) is 9.90 Å². The Bertz CT molecular complexity index is 436. The molecule has 3 saturated heterocycles. The maximum absolute atomic E-state index is 12.1. The van der Waals surface area contributed by atoms with Crippen molar-refractivity contribution in [1.82, 2.24) is 14.7 Å². The van der Waals surface area contributed by atoms with E-state index < -0.39 is 11.8 Å². The molecule has 3 heterocycles. The highest BCUT2D eigenvalue weighted by Gasteiger charge is 2.74. The highest BCUT2D eigenvalue weighted by Crippen LogP contribution is 2.58. The molecule has 150 valence electrons. The van der Waals surface area contributed by atoms with Crippen molar-refractivity contribution in [2.45, 2.75) is 129 Å². The number of hydrogen-bond acceptors (Lipinski definition) is 4. The van der Waals surface area contributed by atoms with Gasteiger partial charge in [-0.2, -0.15) is 0 Å². The molecule has 0 bridgehead atoms. The Morgan fingerprint density at radius 1 is 0.654 bits per heavy atom. The molecule has 0 saturated carbocycles. The number of nitrogens with zero attached hydrogens (tertiary/aromatic N) is 3. The van der Waals surface area contributed by atoms with Crippen molar-refractivity contribution in [2.75, 3.05) is 0 Å². The van der Waals surface area contributed by atoms with Crippen LogP contribution in [0.5, 0.6) is 0 Å². The minimum absolute atomic E-state index is 0.222. The van der Waals surface area contributed by atoms with Crippen LogP contribution in [0.15, 0.2) is 0 Å². The molecule has 0 amide bonds. The Labute approximate surface area is 159 Å². The molecule has 3 aliphatic rings. The fraction of sp³-hybridized carbons (Fsp3) is 0.952. The first kappa shape index (κ1) is 20.1. The average molecular weight is 366 g/mol. The maximum Gasteiger partial charge on any atom is 0.308 e. The summed E-state index contributed by atoms with van der Waals surface area (Å²) in [7, 11) is 0. The van der Waals surface area contributed by atoms with Gasteiger partial charge in [0.15, 0.2) is 0 Å². The second kappa shape index (κ2) is 7.40. The second-order valence-electron chi connectivity index (χ2n) is 8.42. The van der Waals surface area contributed by atoms with Crippen molar-refractivity contribution < 1.29 is 9.90 Å². The first-order valence-electron chi connectivity index (χ1n) is 11.0. The van der Waals surface area contributed by atoms with Gasteiger partial charge in [-0.25, -0.2) is 0 Å². The Hall–Kier alpha value is -0.650. The molecule has 3 fully saturated rings. The number of rotatable bonds is 11. The Morgan fingerprint density at radius 2 is 0.885 bits per heavy atom. The monoisotopic (exact) mass is 365 g/mol. The van der Waals surface area contributed by atoms with Crippen LogP contribution < -0.4 is 0 Å². The van der Waals surface area contributed by atoms with Gasteiger partial charge in [-0.3, -0.25) is 19.5 Å². The zero-order valence-corrected chi connectivity index (χ0v) is 17.6. The third-order valence-electron chi connectivity index (χ3n) is 7.35. The molecule has 6 atom stereocenters. The molecule has 0 aromatic heterocycles. The predicted molar refractivity (Wildman–Crippen MR) is 105 cm³/mol. The van der Waals surface area contributed by atoms with E-state index in [-0.39, 0.29) is 6.42 Å². The predicted octanol–water partition coefficient (Wildman–Crippen LogP) is 3.73. The normalized spacial score (nSPS) is 45.8. The number of carboxylic acids is 1. The third-order valence-corrected chi connectivity index (χ3v) is 7.35. The zero-order chi connectivity index (χ0) is 19.2. The molecular formula is C21H39N3O2. The van der Waals surface area contributed by atoms with Crippen LogP contribution in [0.3, 0.4) is 0 Å². The molecule has 0 aromatic rings. The lowest BCUT2D eigenvalue weighted by Crippen LogP contribution is -2.58. The number of aliphatic carboxylic acids is 1. The van der Waals surface area contributed by atoms with Gasteiger partial charge < -0.3 is 5.11 Å². The van der Waals surface area contributed by atoms with Crippen molar-refractivity contribution in [3.63, 3.8) is 0 Å². The van der Waals surface area contributed by atoms with Crippen molar-refractivity contribution in [3.05, 3.63) is 0 Å². The highest BCUT2D eigenvalue weighted by molar-refractivity contribution is 5.69. The van der Waals surface area contributed by atoms with E-state index >= 15 is 0 Å². The molecule has 0 radical (unpaired) electrons. The molecule has 1 N–H and O–H groups in total. The van der Waals surface area contributed by atoms with Crippen molar-refractivity contribution >= 4 is 5.97 Å². The molecular weight excluding hydrogens is 326 g/mol. The van der Waals surface area contributed by atoms with Gasteiger partial charge in [0.2, 0.25) is 0 Å². The summed E-state index contributed by atoms with van der Waals surface area (Å²) in [6, 6.07) is 3.20. The van der Waals surface area contributed by atoms with Crippen LogP contribution in [0.1, 0.15) is 86.5 Å². The minimum Gasteiger partial charge on any atom is -0.481 e. The lowest BCUT2D eigenvalue weighted by Gasteiger charge is -2.41. The fourth-order valence-electron chi connectivity index (χ4n) is 6.29. The Morgan fingerprint density at radius 3 is 1.04 bits per heavy atom. The van der Waals surface area contributed by atoms with Crippen LogP contribution >= 0.6 is 0 Å². The van der Waals surface area contributed by atoms with Gasteiger partial charge >= 0.3 is 5.97 Å². The molecule has 6 unspecified atom stereocenters. The van der Waals surface area contributed by atoms with Crippen molar-refractivity contribution in [1.29, 1.82) is 0 Å². The van der Waals surface area contributed by atoms with Crippen LogP contribution in [0.4, 0.5) is 0 Å². The fourth-order valence-corrected chi connectivity index (χ4v) is 6.29. The first-order chi connectivity index (χ1) is 12.5. The number of hydrogen-bond donors (Lipinski definition) is 1. The smallest absolute Gasteiger partial charge is 0.308 e. The summed E-state index contributed by atoms with van der Waals surface area (Å²) >= 11 is 0. The van der Waals surface area contributed by atoms with Crippen LogP contribution in [-0.4, -0.2) is 67.8 Å². The van der Waals surface area contributed by atoms with Gasteiger partial charge in [-0.05, 0) is 38.5 Å². The summed E-state index contributed by atoms with van der Waals surface area (Å²) in [4.78, 5) is 19.9. The molecule has 5 nitrogen and oxygen atoms in total. The topological polar surface area (TPSA) is 46.3 Å².